The number of hydrogen-bond donors (Lipinski definition) is 2. The molecule has 1 heterocycles. The van der Waals surface area contributed by atoms with Crippen LogP contribution in [0.5, 0.6) is 0 Å². The van der Waals surface area contributed by atoms with E-state index in [1.807, 2.05) is 6.92 Å². The number of nitrogens with one attached hydrogen (secondary N) is 1. The van der Waals surface area contributed by atoms with Crippen LogP contribution in [0.2, 0.25) is 0 Å². The first-order chi connectivity index (χ1) is 7.54. The Labute approximate surface area is 98.6 Å². The van der Waals surface area contributed by atoms with Gasteiger partial charge in [-0.15, -0.1) is 0 Å². The first kappa shape index (κ1) is 13.5. The maximum Gasteiger partial charge on any atom is 0.223 e. The second kappa shape index (κ2) is 6.21. The van der Waals surface area contributed by atoms with Gasteiger partial charge in [0.25, 0.3) is 0 Å². The van der Waals surface area contributed by atoms with Crippen LogP contribution < -0.4 is 11.1 Å². The van der Waals surface area contributed by atoms with Crippen molar-refractivity contribution in [2.45, 2.75) is 45.2 Å². The number of likely N-dealkylation sites (tertiary alicyclic amines) is 1. The Morgan fingerprint density at radius 2 is 2.31 bits per heavy atom. The smallest absolute Gasteiger partial charge is 0.223 e. The van der Waals surface area contributed by atoms with E-state index in [4.69, 9.17) is 5.73 Å². The highest BCUT2D eigenvalue weighted by Crippen LogP contribution is 2.15. The molecule has 4 heteroatoms. The summed E-state index contributed by atoms with van der Waals surface area (Å²) in [5.41, 5.74) is 5.45. The third-order valence-electron chi connectivity index (χ3n) is 3.60. The van der Waals surface area contributed by atoms with Crippen molar-refractivity contribution in [3.05, 3.63) is 0 Å². The minimum absolute atomic E-state index is 0.0416. The normalized spacial score (nSPS) is 28.8. The molecule has 1 aliphatic rings. The van der Waals surface area contributed by atoms with Crippen molar-refractivity contribution in [1.29, 1.82) is 0 Å². The van der Waals surface area contributed by atoms with Crippen molar-refractivity contribution in [2.75, 3.05) is 20.1 Å². The third-order valence-corrected chi connectivity index (χ3v) is 3.60. The van der Waals surface area contributed by atoms with Crippen LogP contribution in [-0.4, -0.2) is 43.0 Å². The zero-order valence-electron chi connectivity index (χ0n) is 10.7. The molecule has 0 aromatic carbocycles. The summed E-state index contributed by atoms with van der Waals surface area (Å²) in [5, 5.41) is 3.13. The van der Waals surface area contributed by atoms with Gasteiger partial charge in [-0.2, -0.15) is 0 Å². The Bertz CT molecular complexity index is 232. The van der Waals surface area contributed by atoms with Crippen LogP contribution in [-0.2, 0) is 4.79 Å². The highest BCUT2D eigenvalue weighted by molar-refractivity contribution is 5.78. The molecule has 1 fully saturated rings. The maximum absolute atomic E-state index is 11.8. The second-order valence-electron chi connectivity index (χ2n) is 5.04. The van der Waals surface area contributed by atoms with Gasteiger partial charge in [-0.05, 0) is 39.8 Å². The molecule has 3 N–H and O–H groups in total. The Kier molecular flexibility index (Phi) is 5.22. The van der Waals surface area contributed by atoms with Gasteiger partial charge >= 0.3 is 0 Å². The van der Waals surface area contributed by atoms with Crippen LogP contribution in [0.25, 0.3) is 0 Å². The van der Waals surface area contributed by atoms with Crippen LogP contribution in [0.4, 0.5) is 0 Å². The molecule has 0 aromatic rings. The standard InChI is InChI=1S/C12H25N3O/c1-9(4-6-13)12(16)14-11-5-7-15(3)10(2)8-11/h9-11H,4-8,13H2,1-3H3,(H,14,16). The predicted molar refractivity (Wildman–Crippen MR) is 66.1 cm³/mol. The highest BCUT2D eigenvalue weighted by Gasteiger charge is 2.25. The van der Waals surface area contributed by atoms with Crippen molar-refractivity contribution in [2.24, 2.45) is 11.7 Å². The minimum Gasteiger partial charge on any atom is -0.353 e. The molecule has 0 aliphatic carbocycles. The van der Waals surface area contributed by atoms with E-state index in [1.54, 1.807) is 0 Å². The number of carbonyl (C=O) groups excluding carboxylic acids is 1. The number of amides is 1. The lowest BCUT2D eigenvalue weighted by Crippen LogP contribution is -2.48. The first-order valence-electron chi connectivity index (χ1n) is 6.25. The van der Waals surface area contributed by atoms with Crippen LogP contribution in [0, 0.1) is 5.92 Å². The number of rotatable bonds is 4. The summed E-state index contributed by atoms with van der Waals surface area (Å²) < 4.78 is 0. The molecule has 3 atom stereocenters. The van der Waals surface area contributed by atoms with Crippen LogP contribution in [0.15, 0.2) is 0 Å². The van der Waals surface area contributed by atoms with E-state index in [0.29, 0.717) is 18.6 Å². The van der Waals surface area contributed by atoms with Crippen LogP contribution >= 0.6 is 0 Å². The average molecular weight is 227 g/mol. The van der Waals surface area contributed by atoms with E-state index in [1.165, 1.54) is 0 Å². The minimum atomic E-state index is 0.0416. The summed E-state index contributed by atoms with van der Waals surface area (Å²) in [4.78, 5) is 14.1. The number of nitrogens with two attached hydrogens (primary N) is 1. The van der Waals surface area contributed by atoms with Gasteiger partial charge < -0.3 is 16.0 Å². The second-order valence-corrected chi connectivity index (χ2v) is 5.04. The largest absolute Gasteiger partial charge is 0.353 e. The Hall–Kier alpha value is -0.610. The summed E-state index contributed by atoms with van der Waals surface area (Å²) in [6, 6.07) is 0.905. The number of nitrogens with zero attached hydrogens (tertiary/aromatic N) is 1. The fourth-order valence-corrected chi connectivity index (χ4v) is 2.15. The summed E-state index contributed by atoms with van der Waals surface area (Å²) in [5.74, 6) is 0.201. The van der Waals surface area contributed by atoms with E-state index in [9.17, 15) is 4.79 Å². The SMILES string of the molecule is CC(CCN)C(=O)NC1CCN(C)C(C)C1. The topological polar surface area (TPSA) is 58.4 Å². The number of hydrogen-bond acceptors (Lipinski definition) is 3. The number of carbonyl (C=O) groups is 1. The molecule has 16 heavy (non-hydrogen) atoms. The molecule has 0 bridgehead atoms. The van der Waals surface area contributed by atoms with Crippen LogP contribution in [0.1, 0.15) is 33.1 Å². The van der Waals surface area contributed by atoms with Crippen molar-refractivity contribution in [3.63, 3.8) is 0 Å². The Morgan fingerprint density at radius 1 is 1.62 bits per heavy atom. The van der Waals surface area contributed by atoms with Gasteiger partial charge in [-0.3, -0.25) is 4.79 Å². The van der Waals surface area contributed by atoms with Crippen molar-refractivity contribution >= 4 is 5.91 Å². The summed E-state index contributed by atoms with van der Waals surface area (Å²) >= 11 is 0. The molecule has 3 unspecified atom stereocenters. The summed E-state index contributed by atoms with van der Waals surface area (Å²) in [7, 11) is 2.14. The lowest BCUT2D eigenvalue weighted by atomic mass is 9.97. The van der Waals surface area contributed by atoms with E-state index >= 15 is 0 Å². The molecular weight excluding hydrogens is 202 g/mol. The highest BCUT2D eigenvalue weighted by atomic mass is 16.1. The molecule has 1 rings (SSSR count). The molecule has 1 amide bonds. The van der Waals surface area contributed by atoms with E-state index in [2.05, 4.69) is 24.2 Å². The zero-order chi connectivity index (χ0) is 12.1. The van der Waals surface area contributed by atoms with Crippen molar-refractivity contribution < 1.29 is 4.79 Å². The third kappa shape index (κ3) is 3.76. The lowest BCUT2D eigenvalue weighted by molar-refractivity contribution is -0.125. The lowest BCUT2D eigenvalue weighted by Gasteiger charge is -2.35. The zero-order valence-corrected chi connectivity index (χ0v) is 10.7. The van der Waals surface area contributed by atoms with E-state index in [0.717, 1.165) is 25.8 Å². The number of piperidine rings is 1. The first-order valence-corrected chi connectivity index (χ1v) is 6.25. The molecule has 1 aliphatic heterocycles. The van der Waals surface area contributed by atoms with E-state index in [-0.39, 0.29) is 11.8 Å². The molecule has 94 valence electrons. The molecule has 1 saturated heterocycles. The summed E-state index contributed by atoms with van der Waals surface area (Å²) in [6.07, 6.45) is 2.88. The molecule has 0 radical (unpaired) electrons. The molecule has 4 nitrogen and oxygen atoms in total. The van der Waals surface area contributed by atoms with Gasteiger partial charge in [0.2, 0.25) is 5.91 Å². The van der Waals surface area contributed by atoms with Crippen molar-refractivity contribution in [3.8, 4) is 0 Å². The monoisotopic (exact) mass is 227 g/mol. The van der Waals surface area contributed by atoms with Gasteiger partial charge in [-0.1, -0.05) is 6.92 Å². The quantitative estimate of drug-likeness (QED) is 0.738. The molecule has 0 spiro atoms. The summed E-state index contributed by atoms with van der Waals surface area (Å²) in [6.45, 7) is 5.80. The molecule has 0 saturated carbocycles. The van der Waals surface area contributed by atoms with Gasteiger partial charge in [0.05, 0.1) is 0 Å². The van der Waals surface area contributed by atoms with Gasteiger partial charge in [-0.25, -0.2) is 0 Å². The Morgan fingerprint density at radius 3 is 2.88 bits per heavy atom. The van der Waals surface area contributed by atoms with E-state index < -0.39 is 0 Å². The van der Waals surface area contributed by atoms with Crippen LogP contribution in [0.3, 0.4) is 0 Å². The molecule has 0 aromatic heterocycles. The van der Waals surface area contributed by atoms with Gasteiger partial charge in [0.15, 0.2) is 0 Å². The molecular formula is C12H25N3O. The maximum atomic E-state index is 11.8. The van der Waals surface area contributed by atoms with Crippen molar-refractivity contribution in [1.82, 2.24) is 10.2 Å². The van der Waals surface area contributed by atoms with Gasteiger partial charge in [0, 0.05) is 24.5 Å². The van der Waals surface area contributed by atoms with Gasteiger partial charge in [0.1, 0.15) is 0 Å². The average Bonchev–Trinajstić information content (AvgIpc) is 2.24. The predicted octanol–water partition coefficient (Wildman–Crippen LogP) is 0.570. The Balaban J connectivity index is 2.34. The fourth-order valence-electron chi connectivity index (χ4n) is 2.15. The fraction of sp³-hybridized carbons (Fsp3) is 0.917.